The highest BCUT2D eigenvalue weighted by atomic mass is 16.6. The molecule has 2 atom stereocenters. The summed E-state index contributed by atoms with van der Waals surface area (Å²) in [5, 5.41) is 8.81. The summed E-state index contributed by atoms with van der Waals surface area (Å²) >= 11 is 0. The van der Waals surface area contributed by atoms with Crippen molar-refractivity contribution in [2.75, 3.05) is 6.54 Å². The molecule has 0 bridgehead atoms. The van der Waals surface area contributed by atoms with Crippen LogP contribution < -0.4 is 0 Å². The van der Waals surface area contributed by atoms with Crippen LogP contribution in [0.5, 0.6) is 0 Å². The fraction of sp³-hybridized carbons (Fsp3) is 0.727. The van der Waals surface area contributed by atoms with Crippen LogP contribution in [-0.4, -0.2) is 35.8 Å². The first-order valence-corrected chi connectivity index (χ1v) is 5.35. The van der Waals surface area contributed by atoms with Crippen LogP contribution in [-0.2, 0) is 14.3 Å². The van der Waals surface area contributed by atoms with Gasteiger partial charge in [-0.15, -0.1) is 0 Å². The second kappa shape index (κ2) is 5.04. The lowest BCUT2D eigenvalue weighted by molar-refractivity contribution is -0.139. The van der Waals surface area contributed by atoms with Crippen molar-refractivity contribution in [3.05, 3.63) is 0 Å². The third-order valence-corrected chi connectivity index (χ3v) is 2.27. The number of hydrogen-bond donors (Lipinski definition) is 0. The molecule has 1 saturated heterocycles. The molecule has 0 saturated carbocycles. The Bertz CT molecular complexity index is 342. The van der Waals surface area contributed by atoms with Crippen molar-refractivity contribution in [1.82, 2.24) is 4.90 Å². The van der Waals surface area contributed by atoms with Crippen molar-refractivity contribution in [1.29, 1.82) is 5.26 Å². The molecule has 94 valence electrons. The molecule has 0 N–H and O–H groups in total. The fourth-order valence-electron chi connectivity index (χ4n) is 1.60. The molecule has 1 amide bonds. The van der Waals surface area contributed by atoms with Crippen LogP contribution in [0, 0.1) is 17.2 Å². The predicted octanol–water partition coefficient (Wildman–Crippen LogP) is 1.27. The number of rotatable bonds is 2. The van der Waals surface area contributed by atoms with E-state index in [2.05, 4.69) is 6.07 Å². The van der Waals surface area contributed by atoms with Crippen LogP contribution in [0.4, 0.5) is 4.79 Å². The minimum absolute atomic E-state index is 0.226. The minimum atomic E-state index is -0.702. The lowest BCUT2D eigenvalue weighted by Crippen LogP contribution is -2.41. The van der Waals surface area contributed by atoms with Gasteiger partial charge in [0.1, 0.15) is 5.60 Å². The van der Waals surface area contributed by atoms with Gasteiger partial charge in [-0.3, -0.25) is 9.69 Å². The summed E-state index contributed by atoms with van der Waals surface area (Å²) in [6.07, 6.45) is -0.941. The lowest BCUT2D eigenvalue weighted by atomic mass is 10.1. The van der Waals surface area contributed by atoms with E-state index in [1.807, 2.05) is 0 Å². The van der Waals surface area contributed by atoms with Crippen molar-refractivity contribution in [2.24, 2.45) is 5.92 Å². The number of carbonyl (C=O) groups excluding carboxylic acids is 2. The highest BCUT2D eigenvalue weighted by Gasteiger charge is 2.38. The Morgan fingerprint density at radius 1 is 1.53 bits per heavy atom. The molecule has 0 aromatic heterocycles. The smallest absolute Gasteiger partial charge is 0.413 e. The normalized spacial score (nSPS) is 24.0. The van der Waals surface area contributed by atoms with Crippen molar-refractivity contribution >= 4 is 12.6 Å². The molecule has 0 unspecified atom stereocenters. The Balaban J connectivity index is 2.70. The first kappa shape index (κ1) is 13.3. The SMILES string of the molecule is CC(C)(C)OC(=O)N1C[C@@H](C#N)C[C@H]1OC=O. The van der Waals surface area contributed by atoms with E-state index in [1.54, 1.807) is 20.8 Å². The number of ether oxygens (including phenoxy) is 2. The molecule has 1 aliphatic heterocycles. The predicted molar refractivity (Wildman–Crippen MR) is 57.6 cm³/mol. The molecule has 0 aromatic rings. The summed E-state index contributed by atoms with van der Waals surface area (Å²) < 4.78 is 9.95. The first-order chi connectivity index (χ1) is 7.87. The van der Waals surface area contributed by atoms with E-state index in [-0.39, 0.29) is 18.9 Å². The second-order valence-electron chi connectivity index (χ2n) is 4.88. The van der Waals surface area contributed by atoms with E-state index in [4.69, 9.17) is 14.7 Å². The van der Waals surface area contributed by atoms with Gasteiger partial charge in [-0.05, 0) is 20.8 Å². The van der Waals surface area contributed by atoms with Gasteiger partial charge in [0.15, 0.2) is 6.23 Å². The molecule has 1 heterocycles. The van der Waals surface area contributed by atoms with Gasteiger partial charge in [-0.1, -0.05) is 0 Å². The second-order valence-corrected chi connectivity index (χ2v) is 4.88. The van der Waals surface area contributed by atoms with Gasteiger partial charge in [-0.2, -0.15) is 5.26 Å². The molecule has 0 aromatic carbocycles. The maximum absolute atomic E-state index is 11.8. The van der Waals surface area contributed by atoms with E-state index >= 15 is 0 Å². The van der Waals surface area contributed by atoms with Gasteiger partial charge in [0, 0.05) is 13.0 Å². The largest absolute Gasteiger partial charge is 0.444 e. The molecular formula is C11H16N2O4. The van der Waals surface area contributed by atoms with E-state index < -0.39 is 17.9 Å². The third kappa shape index (κ3) is 3.63. The Hall–Kier alpha value is -1.77. The number of likely N-dealkylation sites (tertiary alicyclic amines) is 1. The lowest BCUT2D eigenvalue weighted by Gasteiger charge is -2.27. The minimum Gasteiger partial charge on any atom is -0.444 e. The average Bonchev–Trinajstić information content (AvgIpc) is 2.59. The average molecular weight is 240 g/mol. The molecule has 6 heteroatoms. The number of hydrogen-bond acceptors (Lipinski definition) is 5. The summed E-state index contributed by atoms with van der Waals surface area (Å²) in [6.45, 7) is 5.75. The zero-order chi connectivity index (χ0) is 13.1. The highest BCUT2D eigenvalue weighted by molar-refractivity contribution is 5.69. The molecule has 1 rings (SSSR count). The summed E-state index contributed by atoms with van der Waals surface area (Å²) in [4.78, 5) is 23.4. The Labute approximate surface area is 100 Å². The van der Waals surface area contributed by atoms with Crippen LogP contribution in [0.15, 0.2) is 0 Å². The quantitative estimate of drug-likeness (QED) is 0.679. The first-order valence-electron chi connectivity index (χ1n) is 5.35. The molecule has 0 radical (unpaired) electrons. The van der Waals surface area contributed by atoms with Gasteiger partial charge in [-0.25, -0.2) is 4.79 Å². The Morgan fingerprint density at radius 2 is 2.18 bits per heavy atom. The van der Waals surface area contributed by atoms with Crippen molar-refractivity contribution in [3.8, 4) is 6.07 Å². The number of nitriles is 1. The van der Waals surface area contributed by atoms with E-state index in [9.17, 15) is 9.59 Å². The van der Waals surface area contributed by atoms with Crippen molar-refractivity contribution < 1.29 is 19.1 Å². The molecule has 0 spiro atoms. The maximum Gasteiger partial charge on any atom is 0.413 e. The summed E-state index contributed by atoms with van der Waals surface area (Å²) in [7, 11) is 0. The highest BCUT2D eigenvalue weighted by Crippen LogP contribution is 2.25. The summed E-state index contributed by atoms with van der Waals surface area (Å²) in [6, 6.07) is 2.05. The zero-order valence-corrected chi connectivity index (χ0v) is 10.2. The van der Waals surface area contributed by atoms with Gasteiger partial charge < -0.3 is 9.47 Å². The van der Waals surface area contributed by atoms with Crippen LogP contribution in [0.1, 0.15) is 27.2 Å². The molecule has 17 heavy (non-hydrogen) atoms. The van der Waals surface area contributed by atoms with Crippen LogP contribution in [0.3, 0.4) is 0 Å². The van der Waals surface area contributed by atoms with Gasteiger partial charge in [0.2, 0.25) is 0 Å². The number of amides is 1. The van der Waals surface area contributed by atoms with Crippen LogP contribution in [0.2, 0.25) is 0 Å². The monoisotopic (exact) mass is 240 g/mol. The van der Waals surface area contributed by atoms with Gasteiger partial charge in [0.25, 0.3) is 6.47 Å². The third-order valence-electron chi connectivity index (χ3n) is 2.27. The molecular weight excluding hydrogens is 224 g/mol. The number of nitrogens with zero attached hydrogens (tertiary/aromatic N) is 2. The Kier molecular flexibility index (Phi) is 3.94. The topological polar surface area (TPSA) is 79.6 Å². The molecule has 6 nitrogen and oxygen atoms in total. The van der Waals surface area contributed by atoms with Gasteiger partial charge >= 0.3 is 6.09 Å². The van der Waals surface area contributed by atoms with Crippen molar-refractivity contribution in [3.63, 3.8) is 0 Å². The molecule has 1 fully saturated rings. The van der Waals surface area contributed by atoms with E-state index in [0.29, 0.717) is 6.42 Å². The summed E-state index contributed by atoms with van der Waals surface area (Å²) in [5.74, 6) is -0.326. The fourth-order valence-corrected chi connectivity index (χ4v) is 1.60. The van der Waals surface area contributed by atoms with E-state index in [0.717, 1.165) is 0 Å². The van der Waals surface area contributed by atoms with Crippen LogP contribution in [0.25, 0.3) is 0 Å². The molecule has 0 aliphatic carbocycles. The maximum atomic E-state index is 11.8. The number of carbonyl (C=O) groups is 2. The Morgan fingerprint density at radius 3 is 2.65 bits per heavy atom. The standard InChI is InChI=1S/C11H16N2O4/c1-11(2,3)17-10(15)13-6-8(5-12)4-9(13)16-7-14/h7-9H,4,6H2,1-3H3/t8-,9-/m1/s1. The van der Waals surface area contributed by atoms with Gasteiger partial charge in [0.05, 0.1) is 12.0 Å². The molecule has 1 aliphatic rings. The van der Waals surface area contributed by atoms with E-state index in [1.165, 1.54) is 4.90 Å². The van der Waals surface area contributed by atoms with Crippen molar-refractivity contribution in [2.45, 2.75) is 39.0 Å². The van der Waals surface area contributed by atoms with Crippen LogP contribution >= 0.6 is 0 Å². The summed E-state index contributed by atoms with van der Waals surface area (Å²) in [5.41, 5.74) is -0.618. The zero-order valence-electron chi connectivity index (χ0n) is 10.2.